The van der Waals surface area contributed by atoms with Gasteiger partial charge < -0.3 is 20.4 Å². The first-order valence-electron chi connectivity index (χ1n) is 16.0. The summed E-state index contributed by atoms with van der Waals surface area (Å²) in [6.07, 6.45) is 24.9. The van der Waals surface area contributed by atoms with Gasteiger partial charge in [-0.1, -0.05) is 124 Å². The minimum Gasteiger partial charge on any atom is -0.481 e. The van der Waals surface area contributed by atoms with Crippen LogP contribution >= 0.6 is 0 Å². The molecule has 0 aliphatic rings. The van der Waals surface area contributed by atoms with Gasteiger partial charge in [0.25, 0.3) is 0 Å². The normalized spacial score (nSPS) is 11.0. The molecule has 0 aliphatic heterocycles. The van der Waals surface area contributed by atoms with E-state index in [0.29, 0.717) is 19.3 Å². The number of carboxylic acids is 4. The van der Waals surface area contributed by atoms with E-state index in [4.69, 9.17) is 20.4 Å². The van der Waals surface area contributed by atoms with Crippen LogP contribution in [0, 0.1) is 5.92 Å². The summed E-state index contributed by atoms with van der Waals surface area (Å²) < 4.78 is 0. The van der Waals surface area contributed by atoms with Gasteiger partial charge in [-0.25, -0.2) is 0 Å². The highest BCUT2D eigenvalue weighted by atomic mass is 16.4. The highest BCUT2D eigenvalue weighted by molar-refractivity contribution is 5.69. The Hall–Kier alpha value is -2.12. The van der Waals surface area contributed by atoms with Crippen molar-refractivity contribution in [1.29, 1.82) is 0 Å². The van der Waals surface area contributed by atoms with Gasteiger partial charge in [-0.2, -0.15) is 0 Å². The van der Waals surface area contributed by atoms with Crippen molar-refractivity contribution < 1.29 is 39.6 Å². The van der Waals surface area contributed by atoms with Crippen LogP contribution in [0.2, 0.25) is 0 Å². The maximum Gasteiger partial charge on any atom is 0.306 e. The van der Waals surface area contributed by atoms with Gasteiger partial charge in [0.15, 0.2) is 0 Å². The molecule has 0 bridgehead atoms. The molecular formula is C32H62O8. The number of hydrogen-bond donors (Lipinski definition) is 4. The number of aliphatic carboxylic acids is 4. The average molecular weight is 575 g/mol. The Labute approximate surface area is 244 Å². The van der Waals surface area contributed by atoms with Gasteiger partial charge in [0.05, 0.1) is 5.92 Å². The second-order valence-corrected chi connectivity index (χ2v) is 10.7. The summed E-state index contributed by atoms with van der Waals surface area (Å²) in [6, 6.07) is 0. The third-order valence-electron chi connectivity index (χ3n) is 6.77. The largest absolute Gasteiger partial charge is 0.481 e. The van der Waals surface area contributed by atoms with Gasteiger partial charge in [-0.05, 0) is 32.1 Å². The number of carboxylic acid groups (broad SMARTS) is 4. The SMILES string of the molecule is CCCCC(CC)C(=O)O.CCCCCCCCCCCCCCCCCC(=O)O.O=C(O)CCCCC(=O)O. The second kappa shape index (κ2) is 34.9. The van der Waals surface area contributed by atoms with Gasteiger partial charge in [0, 0.05) is 19.3 Å². The van der Waals surface area contributed by atoms with Gasteiger partial charge in [0.2, 0.25) is 0 Å². The summed E-state index contributed by atoms with van der Waals surface area (Å²) in [5.41, 5.74) is 0. The summed E-state index contributed by atoms with van der Waals surface area (Å²) in [4.78, 5) is 40.6. The summed E-state index contributed by atoms with van der Waals surface area (Å²) in [7, 11) is 0. The van der Waals surface area contributed by atoms with Gasteiger partial charge in [0.1, 0.15) is 0 Å². The van der Waals surface area contributed by atoms with E-state index >= 15 is 0 Å². The average Bonchev–Trinajstić information content (AvgIpc) is 2.89. The Kier molecular flexibility index (Phi) is 37.0. The third-order valence-corrected chi connectivity index (χ3v) is 6.77. The lowest BCUT2D eigenvalue weighted by atomic mass is 10.00. The minimum absolute atomic E-state index is 0.0628. The topological polar surface area (TPSA) is 149 Å². The molecular weight excluding hydrogens is 512 g/mol. The molecule has 0 amide bonds. The Morgan fingerprint density at radius 3 is 0.950 bits per heavy atom. The van der Waals surface area contributed by atoms with Crippen LogP contribution in [0.15, 0.2) is 0 Å². The van der Waals surface area contributed by atoms with Crippen LogP contribution in [0.25, 0.3) is 0 Å². The van der Waals surface area contributed by atoms with Crippen LogP contribution < -0.4 is 0 Å². The molecule has 0 aromatic carbocycles. The molecule has 0 heterocycles. The van der Waals surface area contributed by atoms with Crippen molar-refractivity contribution in [3.63, 3.8) is 0 Å². The van der Waals surface area contributed by atoms with Crippen LogP contribution in [0.1, 0.15) is 175 Å². The van der Waals surface area contributed by atoms with Gasteiger partial charge in [-0.3, -0.25) is 19.2 Å². The molecule has 1 atom stereocenters. The van der Waals surface area contributed by atoms with Crippen molar-refractivity contribution in [3.05, 3.63) is 0 Å². The lowest BCUT2D eigenvalue weighted by molar-refractivity contribution is -0.142. The van der Waals surface area contributed by atoms with E-state index in [9.17, 15) is 19.2 Å². The molecule has 40 heavy (non-hydrogen) atoms. The van der Waals surface area contributed by atoms with E-state index in [-0.39, 0.29) is 18.8 Å². The Morgan fingerprint density at radius 1 is 0.425 bits per heavy atom. The van der Waals surface area contributed by atoms with E-state index in [1.165, 1.54) is 83.5 Å². The molecule has 8 heteroatoms. The fourth-order valence-electron chi connectivity index (χ4n) is 4.15. The molecule has 0 rings (SSSR count). The first-order chi connectivity index (χ1) is 19.1. The number of unbranched alkanes of at least 4 members (excludes halogenated alkanes) is 16. The third kappa shape index (κ3) is 43.0. The van der Waals surface area contributed by atoms with Crippen molar-refractivity contribution in [3.8, 4) is 0 Å². The van der Waals surface area contributed by atoms with E-state index < -0.39 is 23.9 Å². The molecule has 0 spiro atoms. The summed E-state index contributed by atoms with van der Waals surface area (Å²) >= 11 is 0. The molecule has 0 saturated heterocycles. The molecule has 0 aliphatic carbocycles. The molecule has 0 aromatic rings. The molecule has 0 saturated carbocycles. The fraction of sp³-hybridized carbons (Fsp3) is 0.875. The molecule has 4 N–H and O–H groups in total. The van der Waals surface area contributed by atoms with Crippen LogP contribution in [0.3, 0.4) is 0 Å². The van der Waals surface area contributed by atoms with Crippen LogP contribution in [-0.2, 0) is 19.2 Å². The molecule has 1 unspecified atom stereocenters. The van der Waals surface area contributed by atoms with Crippen molar-refractivity contribution >= 4 is 23.9 Å². The zero-order valence-corrected chi connectivity index (χ0v) is 26.0. The number of rotatable bonds is 26. The number of carbonyl (C=O) groups is 4. The van der Waals surface area contributed by atoms with Crippen molar-refractivity contribution in [1.82, 2.24) is 0 Å². The second-order valence-electron chi connectivity index (χ2n) is 10.7. The molecule has 0 aromatic heterocycles. The van der Waals surface area contributed by atoms with Gasteiger partial charge in [-0.15, -0.1) is 0 Å². The maximum absolute atomic E-state index is 10.4. The number of hydrogen-bond acceptors (Lipinski definition) is 4. The summed E-state index contributed by atoms with van der Waals surface area (Å²) in [5.74, 6) is -3.15. The van der Waals surface area contributed by atoms with Crippen LogP contribution in [-0.4, -0.2) is 44.3 Å². The molecule has 238 valence electrons. The molecule has 0 radical (unpaired) electrons. The Bertz CT molecular complexity index is 575. The van der Waals surface area contributed by atoms with Crippen molar-refractivity contribution in [2.75, 3.05) is 0 Å². The fourth-order valence-corrected chi connectivity index (χ4v) is 4.15. The van der Waals surface area contributed by atoms with Crippen LogP contribution in [0.4, 0.5) is 0 Å². The quantitative estimate of drug-likeness (QED) is 0.0746. The molecule has 8 nitrogen and oxygen atoms in total. The smallest absolute Gasteiger partial charge is 0.306 e. The van der Waals surface area contributed by atoms with E-state index in [2.05, 4.69) is 13.8 Å². The van der Waals surface area contributed by atoms with E-state index in [1.54, 1.807) is 0 Å². The molecule has 0 fully saturated rings. The lowest BCUT2D eigenvalue weighted by Crippen LogP contribution is -2.11. The summed E-state index contributed by atoms with van der Waals surface area (Å²) in [6.45, 7) is 6.27. The maximum atomic E-state index is 10.4. The minimum atomic E-state index is -0.870. The van der Waals surface area contributed by atoms with E-state index in [0.717, 1.165) is 38.5 Å². The highest BCUT2D eigenvalue weighted by Gasteiger charge is 2.12. The predicted octanol–water partition coefficient (Wildman–Crippen LogP) is 9.34. The lowest BCUT2D eigenvalue weighted by Gasteiger charge is -2.06. The van der Waals surface area contributed by atoms with Crippen LogP contribution in [0.5, 0.6) is 0 Å². The zero-order chi connectivity index (χ0) is 30.9. The first kappa shape index (κ1) is 42.3. The first-order valence-corrected chi connectivity index (χ1v) is 16.0. The van der Waals surface area contributed by atoms with Gasteiger partial charge >= 0.3 is 23.9 Å². The Morgan fingerprint density at radius 2 is 0.700 bits per heavy atom. The monoisotopic (exact) mass is 574 g/mol. The highest BCUT2D eigenvalue weighted by Crippen LogP contribution is 2.14. The predicted molar refractivity (Wildman–Crippen MR) is 162 cm³/mol. The zero-order valence-electron chi connectivity index (χ0n) is 26.0. The van der Waals surface area contributed by atoms with E-state index in [1.807, 2.05) is 6.92 Å². The van der Waals surface area contributed by atoms with Crippen molar-refractivity contribution in [2.45, 2.75) is 175 Å². The van der Waals surface area contributed by atoms with Crippen molar-refractivity contribution in [2.24, 2.45) is 5.92 Å². The standard InChI is InChI=1S/C18H36O2.C8H16O2.C6H10O4/c1-2-3-4-5-6-7-8-9-10-11-12-13-14-15-16-17-18(19)20;1-3-5-6-7(4-2)8(9)10;7-5(8)3-1-2-4-6(9)10/h2-17H2,1H3,(H,19,20);7H,3-6H2,1-2H3,(H,9,10);1-4H2,(H,7,8)(H,9,10). The summed E-state index contributed by atoms with van der Waals surface area (Å²) in [5, 5.41) is 33.4. The Balaban J connectivity index is -0.000000573.